The average Bonchev–Trinajstić information content (AvgIpc) is 2.85. The van der Waals surface area contributed by atoms with E-state index in [4.69, 9.17) is 10.7 Å². The molecule has 0 aliphatic carbocycles. The highest BCUT2D eigenvalue weighted by Gasteiger charge is 2.23. The molecule has 160 valence electrons. The van der Waals surface area contributed by atoms with Gasteiger partial charge in [-0.05, 0) is 54.8 Å². The Kier molecular flexibility index (Phi) is 5.65. The number of carbonyl (C=O) groups excluding carboxylic acids is 1. The molecule has 5 rings (SSSR count). The van der Waals surface area contributed by atoms with Gasteiger partial charge in [-0.1, -0.05) is 60.7 Å². The van der Waals surface area contributed by atoms with E-state index in [-0.39, 0.29) is 0 Å². The van der Waals surface area contributed by atoms with Crippen molar-refractivity contribution in [1.82, 2.24) is 14.9 Å². The van der Waals surface area contributed by atoms with Gasteiger partial charge in [-0.3, -0.25) is 14.7 Å². The van der Waals surface area contributed by atoms with E-state index in [2.05, 4.69) is 58.4 Å². The Morgan fingerprint density at radius 1 is 0.906 bits per heavy atom. The van der Waals surface area contributed by atoms with E-state index in [1.54, 1.807) is 12.1 Å². The topological polar surface area (TPSA) is 72.1 Å². The number of fused-ring (bicyclic) bond motifs is 1. The van der Waals surface area contributed by atoms with Crippen LogP contribution in [0.25, 0.3) is 22.2 Å². The summed E-state index contributed by atoms with van der Waals surface area (Å²) in [6, 6.07) is 24.7. The van der Waals surface area contributed by atoms with Crippen molar-refractivity contribution in [2.24, 2.45) is 5.73 Å². The highest BCUT2D eigenvalue weighted by atomic mass is 16.1. The maximum atomic E-state index is 11.8. The molecular formula is C27H26N4O. The molecule has 1 aromatic heterocycles. The second-order valence-corrected chi connectivity index (χ2v) is 8.45. The van der Waals surface area contributed by atoms with Crippen LogP contribution in [0.2, 0.25) is 0 Å². The minimum absolute atomic E-state index is 0.351. The molecule has 2 N–H and O–H groups in total. The Hall–Kier alpha value is -3.57. The number of benzene rings is 3. The van der Waals surface area contributed by atoms with Gasteiger partial charge >= 0.3 is 0 Å². The van der Waals surface area contributed by atoms with Crippen LogP contribution in [-0.2, 0) is 6.54 Å². The van der Waals surface area contributed by atoms with Crippen molar-refractivity contribution >= 4 is 16.9 Å². The number of piperidine rings is 1. The number of carbonyl (C=O) groups is 1. The zero-order valence-electron chi connectivity index (χ0n) is 17.9. The lowest BCUT2D eigenvalue weighted by atomic mass is 9.93. The normalized spacial score (nSPS) is 15.1. The van der Waals surface area contributed by atoms with Crippen molar-refractivity contribution in [2.75, 3.05) is 13.1 Å². The molecule has 1 saturated heterocycles. The van der Waals surface area contributed by atoms with Crippen LogP contribution < -0.4 is 5.73 Å². The monoisotopic (exact) mass is 422 g/mol. The summed E-state index contributed by atoms with van der Waals surface area (Å²) in [5.74, 6) is -0.111. The number of nitrogens with zero attached hydrogens (tertiary/aromatic N) is 3. The molecule has 1 fully saturated rings. The molecule has 1 aliphatic heterocycles. The zero-order valence-corrected chi connectivity index (χ0v) is 17.9. The summed E-state index contributed by atoms with van der Waals surface area (Å²) >= 11 is 0. The fourth-order valence-corrected chi connectivity index (χ4v) is 4.52. The molecule has 32 heavy (non-hydrogen) atoms. The summed E-state index contributed by atoms with van der Waals surface area (Å²) in [7, 11) is 0. The Labute approximate surface area is 187 Å². The number of nitrogens with two attached hydrogens (primary N) is 1. The van der Waals surface area contributed by atoms with Crippen LogP contribution in [-0.4, -0.2) is 33.9 Å². The van der Waals surface area contributed by atoms with E-state index in [9.17, 15) is 4.79 Å². The molecule has 1 amide bonds. The van der Waals surface area contributed by atoms with Crippen molar-refractivity contribution in [3.8, 4) is 11.1 Å². The van der Waals surface area contributed by atoms with Crippen molar-refractivity contribution in [3.05, 3.63) is 95.8 Å². The summed E-state index contributed by atoms with van der Waals surface area (Å²) < 4.78 is 0. The molecule has 3 aromatic carbocycles. The third kappa shape index (κ3) is 4.25. The van der Waals surface area contributed by atoms with Crippen molar-refractivity contribution in [2.45, 2.75) is 25.3 Å². The van der Waals surface area contributed by atoms with Crippen molar-refractivity contribution in [1.29, 1.82) is 0 Å². The lowest BCUT2D eigenvalue weighted by Crippen LogP contribution is -2.32. The summed E-state index contributed by atoms with van der Waals surface area (Å²) in [4.78, 5) is 23.6. The second-order valence-electron chi connectivity index (χ2n) is 8.45. The number of rotatable bonds is 5. The van der Waals surface area contributed by atoms with Gasteiger partial charge in [0, 0.05) is 18.7 Å². The van der Waals surface area contributed by atoms with Crippen molar-refractivity contribution < 1.29 is 4.79 Å². The van der Waals surface area contributed by atoms with Gasteiger partial charge in [0.1, 0.15) is 5.52 Å². The first-order valence-corrected chi connectivity index (χ1v) is 11.1. The van der Waals surface area contributed by atoms with Crippen LogP contribution in [0.5, 0.6) is 0 Å². The fourth-order valence-electron chi connectivity index (χ4n) is 4.52. The van der Waals surface area contributed by atoms with Gasteiger partial charge in [0.15, 0.2) is 0 Å². The van der Waals surface area contributed by atoms with Gasteiger partial charge in [0.2, 0.25) is 0 Å². The molecule has 0 spiro atoms. The van der Waals surface area contributed by atoms with E-state index in [0.29, 0.717) is 22.5 Å². The highest BCUT2D eigenvalue weighted by molar-refractivity contribution is 6.03. The lowest BCUT2D eigenvalue weighted by Gasteiger charge is -2.31. The molecule has 5 heteroatoms. The zero-order chi connectivity index (χ0) is 21.9. The molecule has 5 nitrogen and oxygen atoms in total. The molecule has 0 atom stereocenters. The Morgan fingerprint density at radius 2 is 1.62 bits per heavy atom. The Balaban J connectivity index is 1.24. The molecule has 0 bridgehead atoms. The summed E-state index contributed by atoms with van der Waals surface area (Å²) in [6.07, 6.45) is 3.91. The summed E-state index contributed by atoms with van der Waals surface area (Å²) in [5, 5.41) is 0. The fraction of sp³-hybridized carbons (Fsp3) is 0.222. The van der Waals surface area contributed by atoms with Crippen LogP contribution >= 0.6 is 0 Å². The number of hydrogen-bond donors (Lipinski definition) is 1. The molecule has 0 radical (unpaired) electrons. The van der Waals surface area contributed by atoms with Crippen LogP contribution in [0.15, 0.2) is 79.0 Å². The van der Waals surface area contributed by atoms with E-state index in [1.165, 1.54) is 16.7 Å². The lowest BCUT2D eigenvalue weighted by molar-refractivity contribution is 0.100. The van der Waals surface area contributed by atoms with Gasteiger partial charge in [-0.15, -0.1) is 0 Å². The summed E-state index contributed by atoms with van der Waals surface area (Å²) in [5.41, 5.74) is 12.1. The smallest absolute Gasteiger partial charge is 0.250 e. The minimum Gasteiger partial charge on any atom is -0.366 e. The SMILES string of the molecule is NC(=O)c1cccc2ncc(C3CCN(Cc4ccc(-c5ccccc5)cc4)CC3)nc12. The van der Waals surface area contributed by atoms with Gasteiger partial charge in [0.05, 0.1) is 16.8 Å². The van der Waals surface area contributed by atoms with Gasteiger partial charge < -0.3 is 5.73 Å². The quantitative estimate of drug-likeness (QED) is 0.503. The number of amides is 1. The molecule has 4 aromatic rings. The van der Waals surface area contributed by atoms with E-state index >= 15 is 0 Å². The van der Waals surface area contributed by atoms with Gasteiger partial charge in [-0.2, -0.15) is 0 Å². The van der Waals surface area contributed by atoms with Gasteiger partial charge in [0.25, 0.3) is 5.91 Å². The Morgan fingerprint density at radius 3 is 2.34 bits per heavy atom. The first kappa shape index (κ1) is 20.3. The summed E-state index contributed by atoms with van der Waals surface area (Å²) in [6.45, 7) is 2.99. The average molecular weight is 423 g/mol. The Bertz CT molecular complexity index is 1230. The minimum atomic E-state index is -0.463. The number of para-hydroxylation sites is 1. The first-order valence-electron chi connectivity index (χ1n) is 11.1. The van der Waals surface area contributed by atoms with E-state index in [0.717, 1.165) is 38.2 Å². The van der Waals surface area contributed by atoms with Crippen LogP contribution in [0.1, 0.15) is 40.4 Å². The largest absolute Gasteiger partial charge is 0.366 e. The molecule has 0 unspecified atom stereocenters. The maximum Gasteiger partial charge on any atom is 0.250 e. The number of aromatic nitrogens is 2. The van der Waals surface area contributed by atoms with Crippen LogP contribution in [0.4, 0.5) is 0 Å². The molecule has 1 aliphatic rings. The second kappa shape index (κ2) is 8.89. The number of likely N-dealkylation sites (tertiary alicyclic amines) is 1. The third-order valence-corrected chi connectivity index (χ3v) is 6.33. The highest BCUT2D eigenvalue weighted by Crippen LogP contribution is 2.29. The van der Waals surface area contributed by atoms with Gasteiger partial charge in [-0.25, -0.2) is 4.98 Å². The first-order chi connectivity index (χ1) is 15.7. The van der Waals surface area contributed by atoms with Crippen LogP contribution in [0, 0.1) is 0 Å². The molecule has 2 heterocycles. The third-order valence-electron chi connectivity index (χ3n) is 6.33. The van der Waals surface area contributed by atoms with E-state index < -0.39 is 5.91 Å². The van der Waals surface area contributed by atoms with E-state index in [1.807, 2.05) is 18.3 Å². The molecule has 0 saturated carbocycles. The van der Waals surface area contributed by atoms with Crippen LogP contribution in [0.3, 0.4) is 0 Å². The van der Waals surface area contributed by atoms with Crippen molar-refractivity contribution in [3.63, 3.8) is 0 Å². The maximum absolute atomic E-state index is 11.8. The standard InChI is InChI=1S/C27H26N4O/c28-27(32)23-7-4-8-24-26(23)30-25(17-29-24)22-13-15-31(16-14-22)18-19-9-11-21(12-10-19)20-5-2-1-3-6-20/h1-12,17,22H,13-16,18H2,(H2,28,32). The number of primary amides is 1. The predicted molar refractivity (Wildman–Crippen MR) is 127 cm³/mol. The number of hydrogen-bond acceptors (Lipinski definition) is 4. The predicted octanol–water partition coefficient (Wildman–Crippen LogP) is 4.78. The molecular weight excluding hydrogens is 396 g/mol.